The zero-order chi connectivity index (χ0) is 18.2. The Morgan fingerprint density at radius 3 is 2.38 bits per heavy atom. The second-order valence-electron chi connectivity index (χ2n) is 7.20. The predicted octanol–water partition coefficient (Wildman–Crippen LogP) is 1.57. The molecule has 24 heavy (non-hydrogen) atoms. The summed E-state index contributed by atoms with van der Waals surface area (Å²) in [6, 6.07) is 0. The molecule has 0 aliphatic heterocycles. The Hall–Kier alpha value is -2.44. The van der Waals surface area contributed by atoms with Crippen LogP contribution in [0.5, 0.6) is 0 Å². The van der Waals surface area contributed by atoms with E-state index in [2.05, 4.69) is 10.3 Å². The number of aryl methyl sites for hydroxylation is 2. The van der Waals surface area contributed by atoms with Gasteiger partial charge in [-0.05, 0) is 17.4 Å². The van der Waals surface area contributed by atoms with E-state index < -0.39 is 11.2 Å². The number of rotatable bonds is 3. The van der Waals surface area contributed by atoms with Gasteiger partial charge in [-0.1, -0.05) is 27.7 Å². The molecule has 0 saturated carbocycles. The van der Waals surface area contributed by atoms with Crippen LogP contribution in [0.15, 0.2) is 15.8 Å². The number of amides is 1. The van der Waals surface area contributed by atoms with Gasteiger partial charge in [0.15, 0.2) is 5.65 Å². The van der Waals surface area contributed by atoms with Crippen molar-refractivity contribution in [1.29, 1.82) is 0 Å². The van der Waals surface area contributed by atoms with Crippen molar-refractivity contribution in [3.05, 3.63) is 32.6 Å². The first kappa shape index (κ1) is 17.9. The summed E-state index contributed by atoms with van der Waals surface area (Å²) in [5.41, 5.74) is 0.412. The van der Waals surface area contributed by atoms with E-state index in [0.29, 0.717) is 18.5 Å². The number of nitrogens with zero attached hydrogens (tertiary/aromatic N) is 3. The van der Waals surface area contributed by atoms with Crippen LogP contribution in [-0.2, 0) is 25.3 Å². The Kier molecular flexibility index (Phi) is 4.64. The minimum atomic E-state index is -0.457. The molecule has 0 aliphatic rings. The highest BCUT2D eigenvalue weighted by Crippen LogP contribution is 2.25. The average Bonchev–Trinajstić information content (AvgIpc) is 2.48. The average molecular weight is 332 g/mol. The number of nitrogens with one attached hydrogen (secondary N) is 1. The van der Waals surface area contributed by atoms with Crippen molar-refractivity contribution in [2.24, 2.45) is 19.5 Å². The number of hydrogen-bond acceptors (Lipinski definition) is 4. The van der Waals surface area contributed by atoms with E-state index in [-0.39, 0.29) is 22.4 Å². The summed E-state index contributed by atoms with van der Waals surface area (Å²) in [7, 11) is 2.98. The minimum absolute atomic E-state index is 0.166. The van der Waals surface area contributed by atoms with Gasteiger partial charge in [-0.25, -0.2) is 9.78 Å². The van der Waals surface area contributed by atoms with E-state index in [1.165, 1.54) is 11.6 Å². The van der Waals surface area contributed by atoms with Crippen LogP contribution >= 0.6 is 0 Å². The van der Waals surface area contributed by atoms with E-state index in [9.17, 15) is 14.4 Å². The monoisotopic (exact) mass is 332 g/mol. The van der Waals surface area contributed by atoms with Crippen molar-refractivity contribution < 1.29 is 4.79 Å². The number of carbonyl (C=O) groups is 1. The fourth-order valence-corrected chi connectivity index (χ4v) is 2.64. The Bertz CT molecular complexity index is 917. The first-order valence-electron chi connectivity index (χ1n) is 7.94. The summed E-state index contributed by atoms with van der Waals surface area (Å²) in [5, 5.41) is 3.13. The molecule has 130 valence electrons. The maximum Gasteiger partial charge on any atom is 0.332 e. The zero-order valence-corrected chi connectivity index (χ0v) is 15.1. The minimum Gasteiger partial charge on any atom is -0.325 e. The molecule has 1 N–H and O–H groups in total. The third-order valence-electron chi connectivity index (χ3n) is 3.88. The van der Waals surface area contributed by atoms with Crippen LogP contribution < -0.4 is 16.6 Å². The molecule has 7 nitrogen and oxygen atoms in total. The van der Waals surface area contributed by atoms with Gasteiger partial charge in [0.2, 0.25) is 5.91 Å². The third-order valence-corrected chi connectivity index (χ3v) is 3.88. The summed E-state index contributed by atoms with van der Waals surface area (Å²) < 4.78 is 2.35. The number of hydrogen-bond donors (Lipinski definition) is 1. The second-order valence-corrected chi connectivity index (χ2v) is 7.20. The summed E-state index contributed by atoms with van der Waals surface area (Å²) in [6.45, 7) is 7.84. The summed E-state index contributed by atoms with van der Waals surface area (Å²) in [4.78, 5) is 41.3. The van der Waals surface area contributed by atoms with E-state index >= 15 is 0 Å². The van der Waals surface area contributed by atoms with Crippen LogP contribution in [0, 0.1) is 5.41 Å². The topological polar surface area (TPSA) is 86.0 Å². The molecule has 2 aromatic heterocycles. The van der Waals surface area contributed by atoms with Crippen molar-refractivity contribution in [3.63, 3.8) is 0 Å². The van der Waals surface area contributed by atoms with Crippen molar-refractivity contribution >= 4 is 22.6 Å². The van der Waals surface area contributed by atoms with E-state index in [1.54, 1.807) is 13.2 Å². The van der Waals surface area contributed by atoms with Crippen molar-refractivity contribution in [2.45, 2.75) is 40.5 Å². The van der Waals surface area contributed by atoms with Gasteiger partial charge in [-0.15, -0.1) is 0 Å². The molecule has 0 aromatic carbocycles. The number of pyridine rings is 1. The molecule has 0 spiro atoms. The van der Waals surface area contributed by atoms with Gasteiger partial charge in [0.25, 0.3) is 5.56 Å². The lowest BCUT2D eigenvalue weighted by Crippen LogP contribution is -2.38. The number of anilines is 1. The zero-order valence-electron chi connectivity index (χ0n) is 15.1. The molecule has 0 aliphatic carbocycles. The first-order chi connectivity index (χ1) is 11.1. The molecule has 0 atom stereocenters. The van der Waals surface area contributed by atoms with E-state index in [4.69, 9.17) is 0 Å². The highest BCUT2D eigenvalue weighted by molar-refractivity contribution is 6.01. The summed E-state index contributed by atoms with van der Waals surface area (Å²) >= 11 is 0. The maximum atomic E-state index is 12.6. The van der Waals surface area contributed by atoms with Crippen molar-refractivity contribution in [1.82, 2.24) is 14.1 Å². The molecular weight excluding hydrogens is 308 g/mol. The normalized spacial score (nSPS) is 11.8. The molecule has 2 heterocycles. The highest BCUT2D eigenvalue weighted by atomic mass is 16.2. The van der Waals surface area contributed by atoms with Gasteiger partial charge in [0, 0.05) is 26.7 Å². The molecule has 0 radical (unpaired) electrons. The quantitative estimate of drug-likeness (QED) is 0.924. The van der Waals surface area contributed by atoms with Gasteiger partial charge < -0.3 is 5.32 Å². The number of fused-ring (bicyclic) bond motifs is 1. The van der Waals surface area contributed by atoms with Gasteiger partial charge in [-0.2, -0.15) is 0 Å². The van der Waals surface area contributed by atoms with Gasteiger partial charge >= 0.3 is 5.69 Å². The molecule has 1 amide bonds. The number of aromatic nitrogens is 3. The first-order valence-corrected chi connectivity index (χ1v) is 7.94. The largest absolute Gasteiger partial charge is 0.332 e. The summed E-state index contributed by atoms with van der Waals surface area (Å²) in [5.74, 6) is -0.166. The van der Waals surface area contributed by atoms with Crippen molar-refractivity contribution in [3.8, 4) is 0 Å². The van der Waals surface area contributed by atoms with Crippen LogP contribution in [0.4, 0.5) is 5.69 Å². The van der Waals surface area contributed by atoms with Gasteiger partial charge in [0.05, 0.1) is 5.69 Å². The fraction of sp³-hybridized carbons (Fsp3) is 0.529. The van der Waals surface area contributed by atoms with Crippen LogP contribution in [0.2, 0.25) is 0 Å². The molecule has 2 aromatic rings. The highest BCUT2D eigenvalue weighted by Gasteiger charge is 2.21. The molecule has 2 rings (SSSR count). The molecule has 0 saturated heterocycles. The Balaban J connectivity index is 2.74. The third kappa shape index (κ3) is 3.25. The smallest absolute Gasteiger partial charge is 0.325 e. The van der Waals surface area contributed by atoms with Crippen LogP contribution in [0.25, 0.3) is 11.0 Å². The van der Waals surface area contributed by atoms with Gasteiger partial charge in [-0.3, -0.25) is 18.7 Å². The lowest BCUT2D eigenvalue weighted by molar-refractivity contribution is -0.117. The van der Waals surface area contributed by atoms with E-state index in [1.807, 2.05) is 27.7 Å². The Morgan fingerprint density at radius 2 is 1.83 bits per heavy atom. The molecular formula is C17H24N4O3. The molecule has 7 heteroatoms. The van der Waals surface area contributed by atoms with Crippen LogP contribution in [0.1, 0.15) is 39.7 Å². The lowest BCUT2D eigenvalue weighted by atomic mass is 9.92. The van der Waals surface area contributed by atoms with Crippen LogP contribution in [0.3, 0.4) is 0 Å². The Morgan fingerprint density at radius 1 is 1.21 bits per heavy atom. The predicted molar refractivity (Wildman–Crippen MR) is 94.3 cm³/mol. The number of carbonyl (C=O) groups excluding carboxylic acids is 1. The van der Waals surface area contributed by atoms with Crippen molar-refractivity contribution in [2.75, 3.05) is 5.32 Å². The van der Waals surface area contributed by atoms with Gasteiger partial charge in [0.1, 0.15) is 5.39 Å². The SMILES string of the molecule is CCc1cnc2c(c1NC(=O)CC(C)(C)C)c(=O)n(C)c(=O)n2C. The summed E-state index contributed by atoms with van der Waals surface area (Å²) in [6.07, 6.45) is 2.54. The second kappa shape index (κ2) is 6.22. The molecule has 0 bridgehead atoms. The molecule has 0 fully saturated rings. The molecule has 0 unspecified atom stereocenters. The maximum absolute atomic E-state index is 12.6. The lowest BCUT2D eigenvalue weighted by Gasteiger charge is -2.19. The Labute approximate surface area is 140 Å². The van der Waals surface area contributed by atoms with Crippen LogP contribution in [-0.4, -0.2) is 20.0 Å². The fourth-order valence-electron chi connectivity index (χ4n) is 2.64. The standard InChI is InChI=1S/C17H24N4O3/c1-7-10-9-18-14-12(15(23)21(6)16(24)20(14)5)13(10)19-11(22)8-17(2,3)4/h9H,7-8H2,1-6H3,(H,18,19,22). The van der Waals surface area contributed by atoms with E-state index in [0.717, 1.165) is 10.1 Å².